The Morgan fingerprint density at radius 3 is 2.78 bits per heavy atom. The first-order valence-corrected chi connectivity index (χ1v) is 6.43. The summed E-state index contributed by atoms with van der Waals surface area (Å²) in [7, 11) is 0. The number of nitrogens with one attached hydrogen (secondary N) is 1. The predicted molar refractivity (Wildman–Crippen MR) is 68.2 cm³/mol. The molecular formula is C14H17FN2O. The van der Waals surface area contributed by atoms with Crippen LogP contribution in [0, 0.1) is 11.7 Å². The molecule has 1 aromatic carbocycles. The molecular weight excluding hydrogens is 231 g/mol. The van der Waals surface area contributed by atoms with E-state index in [1.165, 1.54) is 18.9 Å². The van der Waals surface area contributed by atoms with E-state index in [1.54, 1.807) is 6.07 Å². The van der Waals surface area contributed by atoms with Crippen molar-refractivity contribution in [2.45, 2.75) is 31.7 Å². The average molecular weight is 248 g/mol. The molecule has 0 spiro atoms. The fourth-order valence-electron chi connectivity index (χ4n) is 2.94. The van der Waals surface area contributed by atoms with Crippen molar-refractivity contribution in [2.24, 2.45) is 11.8 Å². The molecule has 96 valence electrons. The van der Waals surface area contributed by atoms with Crippen LogP contribution in [0.15, 0.2) is 28.7 Å². The van der Waals surface area contributed by atoms with Crippen LogP contribution < -0.4 is 11.3 Å². The first-order chi connectivity index (χ1) is 8.79. The summed E-state index contributed by atoms with van der Waals surface area (Å²) < 4.78 is 19.2. The molecule has 1 aliphatic rings. The van der Waals surface area contributed by atoms with Gasteiger partial charge in [-0.2, -0.15) is 0 Å². The molecule has 4 heteroatoms. The van der Waals surface area contributed by atoms with Gasteiger partial charge in [0.2, 0.25) is 0 Å². The van der Waals surface area contributed by atoms with Crippen LogP contribution >= 0.6 is 0 Å². The zero-order valence-electron chi connectivity index (χ0n) is 10.2. The van der Waals surface area contributed by atoms with Gasteiger partial charge < -0.3 is 4.42 Å². The van der Waals surface area contributed by atoms with Crippen LogP contribution in [0.1, 0.15) is 37.5 Å². The van der Waals surface area contributed by atoms with Crippen molar-refractivity contribution in [3.05, 3.63) is 35.8 Å². The maximum atomic E-state index is 13.6. The lowest BCUT2D eigenvalue weighted by Crippen LogP contribution is -2.32. The molecule has 0 bridgehead atoms. The van der Waals surface area contributed by atoms with E-state index < -0.39 is 0 Å². The second-order valence-corrected chi connectivity index (χ2v) is 5.00. The summed E-state index contributed by atoms with van der Waals surface area (Å²) >= 11 is 0. The zero-order valence-corrected chi connectivity index (χ0v) is 10.2. The highest BCUT2D eigenvalue weighted by molar-refractivity contribution is 5.78. The average Bonchev–Trinajstić information content (AvgIpc) is 3.00. The van der Waals surface area contributed by atoms with E-state index in [9.17, 15) is 4.39 Å². The smallest absolute Gasteiger partial charge is 0.169 e. The Hall–Kier alpha value is -1.39. The summed E-state index contributed by atoms with van der Waals surface area (Å²) in [6, 6.07) is 6.84. The van der Waals surface area contributed by atoms with E-state index in [1.807, 2.05) is 12.1 Å². The van der Waals surface area contributed by atoms with Gasteiger partial charge in [0.25, 0.3) is 0 Å². The van der Waals surface area contributed by atoms with Crippen molar-refractivity contribution in [3.63, 3.8) is 0 Å². The molecule has 18 heavy (non-hydrogen) atoms. The molecule has 2 aromatic rings. The first kappa shape index (κ1) is 11.7. The van der Waals surface area contributed by atoms with Crippen molar-refractivity contribution in [3.8, 4) is 0 Å². The SMILES string of the molecule is NNC(c1cc2cccc(F)c2o1)C1CCCC1. The minimum absolute atomic E-state index is 0.0145. The van der Waals surface area contributed by atoms with E-state index in [2.05, 4.69) is 5.43 Å². The van der Waals surface area contributed by atoms with Crippen molar-refractivity contribution >= 4 is 11.0 Å². The maximum Gasteiger partial charge on any atom is 0.169 e. The maximum absolute atomic E-state index is 13.6. The molecule has 3 nitrogen and oxygen atoms in total. The highest BCUT2D eigenvalue weighted by Crippen LogP contribution is 2.37. The van der Waals surface area contributed by atoms with Crippen molar-refractivity contribution < 1.29 is 8.81 Å². The van der Waals surface area contributed by atoms with Crippen molar-refractivity contribution in [2.75, 3.05) is 0 Å². The normalized spacial score (nSPS) is 18.6. The van der Waals surface area contributed by atoms with Crippen LogP contribution in [0.25, 0.3) is 11.0 Å². The Morgan fingerprint density at radius 2 is 2.11 bits per heavy atom. The van der Waals surface area contributed by atoms with Crippen LogP contribution in [-0.2, 0) is 0 Å². The third-order valence-electron chi connectivity index (χ3n) is 3.87. The Labute approximate surface area is 105 Å². The third-order valence-corrected chi connectivity index (χ3v) is 3.87. The molecule has 3 N–H and O–H groups in total. The van der Waals surface area contributed by atoms with Crippen molar-refractivity contribution in [1.82, 2.24) is 5.43 Å². The molecule has 1 heterocycles. The summed E-state index contributed by atoms with van der Waals surface area (Å²) in [5.74, 6) is 6.55. The van der Waals surface area contributed by atoms with Gasteiger partial charge in [0.1, 0.15) is 5.76 Å². The molecule has 1 fully saturated rings. The number of hydrogen-bond donors (Lipinski definition) is 2. The molecule has 0 saturated heterocycles. The van der Waals surface area contributed by atoms with Crippen LogP contribution in [0.3, 0.4) is 0 Å². The third kappa shape index (κ3) is 1.91. The van der Waals surface area contributed by atoms with E-state index in [-0.39, 0.29) is 11.9 Å². The molecule has 1 atom stereocenters. The highest BCUT2D eigenvalue weighted by atomic mass is 19.1. The Morgan fingerprint density at radius 1 is 1.33 bits per heavy atom. The minimum Gasteiger partial charge on any atom is -0.456 e. The first-order valence-electron chi connectivity index (χ1n) is 6.43. The second kappa shape index (κ2) is 4.71. The van der Waals surface area contributed by atoms with Gasteiger partial charge in [-0.3, -0.25) is 5.84 Å². The lowest BCUT2D eigenvalue weighted by molar-refractivity contribution is 0.321. The van der Waals surface area contributed by atoms with E-state index in [4.69, 9.17) is 10.3 Å². The summed E-state index contributed by atoms with van der Waals surface area (Å²) in [4.78, 5) is 0. The summed E-state index contributed by atoms with van der Waals surface area (Å²) in [6.45, 7) is 0. The van der Waals surface area contributed by atoms with Gasteiger partial charge in [0.15, 0.2) is 11.4 Å². The van der Waals surface area contributed by atoms with Crippen LogP contribution in [0.5, 0.6) is 0 Å². The summed E-state index contributed by atoms with van der Waals surface area (Å²) in [5.41, 5.74) is 3.15. The molecule has 0 amide bonds. The Bertz CT molecular complexity index is 546. The van der Waals surface area contributed by atoms with Gasteiger partial charge in [-0.1, -0.05) is 25.0 Å². The number of halogens is 1. The second-order valence-electron chi connectivity index (χ2n) is 5.00. The molecule has 1 unspecified atom stereocenters. The standard InChI is InChI=1S/C14H17FN2O/c15-11-7-3-6-10-8-12(18-14(10)11)13(17-16)9-4-1-2-5-9/h3,6-9,13,17H,1-2,4-5,16H2. The number of benzene rings is 1. The lowest BCUT2D eigenvalue weighted by atomic mass is 9.96. The van der Waals surface area contributed by atoms with Gasteiger partial charge in [-0.05, 0) is 30.9 Å². The lowest BCUT2D eigenvalue weighted by Gasteiger charge is -2.19. The van der Waals surface area contributed by atoms with E-state index in [0.29, 0.717) is 11.5 Å². The van der Waals surface area contributed by atoms with Crippen LogP contribution in [-0.4, -0.2) is 0 Å². The Kier molecular flexibility index (Phi) is 3.06. The number of rotatable bonds is 3. The number of fused-ring (bicyclic) bond motifs is 1. The van der Waals surface area contributed by atoms with E-state index >= 15 is 0 Å². The Balaban J connectivity index is 1.99. The molecule has 1 aromatic heterocycles. The number of furan rings is 1. The largest absolute Gasteiger partial charge is 0.456 e. The van der Waals surface area contributed by atoms with Gasteiger partial charge in [0, 0.05) is 5.39 Å². The minimum atomic E-state index is -0.319. The zero-order chi connectivity index (χ0) is 12.5. The number of hydrazine groups is 1. The molecule has 0 radical (unpaired) electrons. The molecule has 1 aliphatic carbocycles. The van der Waals surface area contributed by atoms with Crippen LogP contribution in [0.4, 0.5) is 4.39 Å². The highest BCUT2D eigenvalue weighted by Gasteiger charge is 2.28. The van der Waals surface area contributed by atoms with Gasteiger partial charge in [-0.25, -0.2) is 9.82 Å². The molecule has 1 saturated carbocycles. The molecule has 3 rings (SSSR count). The number of para-hydroxylation sites is 1. The fraction of sp³-hybridized carbons (Fsp3) is 0.429. The van der Waals surface area contributed by atoms with E-state index in [0.717, 1.165) is 24.0 Å². The summed E-state index contributed by atoms with van der Waals surface area (Å²) in [6.07, 6.45) is 4.76. The fourth-order valence-corrected chi connectivity index (χ4v) is 2.94. The monoisotopic (exact) mass is 248 g/mol. The number of nitrogens with two attached hydrogens (primary N) is 1. The van der Waals surface area contributed by atoms with Crippen LogP contribution in [0.2, 0.25) is 0 Å². The van der Waals surface area contributed by atoms with Gasteiger partial charge in [0.05, 0.1) is 6.04 Å². The predicted octanol–water partition coefficient (Wildman–Crippen LogP) is 3.27. The summed E-state index contributed by atoms with van der Waals surface area (Å²) in [5, 5.41) is 0.795. The molecule has 0 aliphatic heterocycles. The van der Waals surface area contributed by atoms with Crippen molar-refractivity contribution in [1.29, 1.82) is 0 Å². The topological polar surface area (TPSA) is 51.2 Å². The van der Waals surface area contributed by atoms with Gasteiger partial charge >= 0.3 is 0 Å². The quantitative estimate of drug-likeness (QED) is 0.647. The van der Waals surface area contributed by atoms with Gasteiger partial charge in [-0.15, -0.1) is 0 Å². The number of hydrogen-bond acceptors (Lipinski definition) is 3.